The van der Waals surface area contributed by atoms with Crippen LogP contribution in [0.2, 0.25) is 0 Å². The SMILES string of the molecule is COCCNC(=O)[C@H]1CN(S(=O)(=O)c2ccccc2)C[C@H]1c1ccc(OC)cc1OC. The number of ether oxygens (including phenoxy) is 3. The van der Waals surface area contributed by atoms with Gasteiger partial charge in [0.1, 0.15) is 11.5 Å². The lowest BCUT2D eigenvalue weighted by atomic mass is 9.87. The zero-order valence-corrected chi connectivity index (χ0v) is 18.7. The lowest BCUT2D eigenvalue weighted by molar-refractivity contribution is -0.125. The molecular weight excluding hydrogens is 420 g/mol. The number of amides is 1. The predicted molar refractivity (Wildman–Crippen MR) is 116 cm³/mol. The third kappa shape index (κ3) is 5.00. The first-order valence-corrected chi connectivity index (χ1v) is 11.4. The summed E-state index contributed by atoms with van der Waals surface area (Å²) in [5, 5.41) is 2.85. The van der Waals surface area contributed by atoms with Crippen molar-refractivity contribution in [1.82, 2.24) is 9.62 Å². The first-order chi connectivity index (χ1) is 14.9. The standard InChI is InChI=1S/C22H28N2O6S/c1-28-12-11-23-22(25)20-15-24(31(26,27)17-7-5-4-6-8-17)14-19(20)18-10-9-16(29-2)13-21(18)30-3/h4-10,13,19-20H,11-12,14-15H2,1-3H3,(H,23,25)/t19-,20-/m0/s1. The Morgan fingerprint density at radius 2 is 1.81 bits per heavy atom. The molecule has 0 saturated carbocycles. The topological polar surface area (TPSA) is 94.2 Å². The molecule has 0 bridgehead atoms. The molecule has 1 fully saturated rings. The van der Waals surface area contributed by atoms with E-state index in [0.29, 0.717) is 24.7 Å². The van der Waals surface area contributed by atoms with Gasteiger partial charge < -0.3 is 19.5 Å². The van der Waals surface area contributed by atoms with Crippen LogP contribution in [0.4, 0.5) is 0 Å². The Balaban J connectivity index is 1.96. The second-order valence-corrected chi connectivity index (χ2v) is 9.18. The molecule has 2 aromatic carbocycles. The van der Waals surface area contributed by atoms with Crippen molar-refractivity contribution in [3.63, 3.8) is 0 Å². The van der Waals surface area contributed by atoms with Crippen molar-refractivity contribution < 1.29 is 27.4 Å². The van der Waals surface area contributed by atoms with Crippen molar-refractivity contribution in [1.29, 1.82) is 0 Å². The van der Waals surface area contributed by atoms with Crippen LogP contribution in [0.25, 0.3) is 0 Å². The van der Waals surface area contributed by atoms with Crippen LogP contribution in [-0.2, 0) is 19.6 Å². The molecule has 9 heteroatoms. The quantitative estimate of drug-likeness (QED) is 0.589. The van der Waals surface area contributed by atoms with Crippen molar-refractivity contribution in [3.8, 4) is 11.5 Å². The zero-order chi connectivity index (χ0) is 22.4. The molecule has 31 heavy (non-hydrogen) atoms. The van der Waals surface area contributed by atoms with Gasteiger partial charge in [-0.1, -0.05) is 24.3 Å². The van der Waals surface area contributed by atoms with Crippen LogP contribution < -0.4 is 14.8 Å². The number of hydrogen-bond donors (Lipinski definition) is 1. The lowest BCUT2D eigenvalue weighted by Gasteiger charge is -2.21. The monoisotopic (exact) mass is 448 g/mol. The molecule has 1 aliphatic rings. The molecule has 1 saturated heterocycles. The van der Waals surface area contributed by atoms with Crippen LogP contribution in [0, 0.1) is 5.92 Å². The van der Waals surface area contributed by atoms with Gasteiger partial charge in [-0.3, -0.25) is 4.79 Å². The van der Waals surface area contributed by atoms with E-state index in [-0.39, 0.29) is 29.8 Å². The molecule has 0 aromatic heterocycles. The summed E-state index contributed by atoms with van der Waals surface area (Å²) < 4.78 is 43.6. The summed E-state index contributed by atoms with van der Waals surface area (Å²) in [5.74, 6) is 0.0108. The summed E-state index contributed by atoms with van der Waals surface area (Å²) in [6.45, 7) is 0.975. The lowest BCUT2D eigenvalue weighted by Crippen LogP contribution is -2.37. The maximum Gasteiger partial charge on any atom is 0.243 e. The van der Waals surface area contributed by atoms with Crippen LogP contribution >= 0.6 is 0 Å². The summed E-state index contributed by atoms with van der Waals surface area (Å²) in [4.78, 5) is 13.2. The molecule has 3 rings (SSSR count). The fourth-order valence-electron chi connectivity index (χ4n) is 3.82. The van der Waals surface area contributed by atoms with E-state index in [9.17, 15) is 13.2 Å². The van der Waals surface area contributed by atoms with Gasteiger partial charge in [0.25, 0.3) is 0 Å². The molecule has 0 aliphatic carbocycles. The highest BCUT2D eigenvalue weighted by molar-refractivity contribution is 7.89. The van der Waals surface area contributed by atoms with Gasteiger partial charge in [-0.15, -0.1) is 0 Å². The molecule has 1 amide bonds. The van der Waals surface area contributed by atoms with Crippen molar-refractivity contribution in [2.24, 2.45) is 5.92 Å². The van der Waals surface area contributed by atoms with Crippen LogP contribution in [0.3, 0.4) is 0 Å². The Hall–Kier alpha value is -2.62. The smallest absolute Gasteiger partial charge is 0.243 e. The Morgan fingerprint density at radius 1 is 1.06 bits per heavy atom. The van der Waals surface area contributed by atoms with Gasteiger partial charge >= 0.3 is 0 Å². The van der Waals surface area contributed by atoms with E-state index in [4.69, 9.17) is 14.2 Å². The summed E-state index contributed by atoms with van der Waals surface area (Å²) in [6, 6.07) is 13.6. The fraction of sp³-hybridized carbons (Fsp3) is 0.409. The molecule has 168 valence electrons. The van der Waals surface area contributed by atoms with Crippen LogP contribution in [0.15, 0.2) is 53.4 Å². The van der Waals surface area contributed by atoms with E-state index in [1.165, 1.54) is 4.31 Å². The molecular formula is C22H28N2O6S. The first kappa shape index (κ1) is 23.1. The molecule has 8 nitrogen and oxygen atoms in total. The Bertz CT molecular complexity index is 996. The zero-order valence-electron chi connectivity index (χ0n) is 17.9. The number of sulfonamides is 1. The third-order valence-electron chi connectivity index (χ3n) is 5.45. The molecule has 1 N–H and O–H groups in total. The molecule has 0 radical (unpaired) electrons. The maximum absolute atomic E-state index is 13.2. The molecule has 2 aromatic rings. The maximum atomic E-state index is 13.2. The van der Waals surface area contributed by atoms with Gasteiger partial charge in [0, 0.05) is 38.7 Å². The third-order valence-corrected chi connectivity index (χ3v) is 7.30. The van der Waals surface area contributed by atoms with E-state index >= 15 is 0 Å². The van der Waals surface area contributed by atoms with Crippen molar-refractivity contribution in [2.75, 3.05) is 47.6 Å². The van der Waals surface area contributed by atoms with Gasteiger partial charge in [0.15, 0.2) is 0 Å². The predicted octanol–water partition coefficient (Wildman–Crippen LogP) is 1.87. The summed E-state index contributed by atoms with van der Waals surface area (Å²) in [7, 11) is 0.917. The first-order valence-electron chi connectivity index (χ1n) is 9.96. The normalized spacial score (nSPS) is 19.2. The molecule has 0 spiro atoms. The molecule has 1 heterocycles. The highest BCUT2D eigenvalue weighted by atomic mass is 32.2. The van der Waals surface area contributed by atoms with Gasteiger partial charge in [0.2, 0.25) is 15.9 Å². The number of benzene rings is 2. The summed E-state index contributed by atoms with van der Waals surface area (Å²) in [5.41, 5.74) is 0.765. The summed E-state index contributed by atoms with van der Waals surface area (Å²) >= 11 is 0. The minimum Gasteiger partial charge on any atom is -0.497 e. The molecule has 2 atom stereocenters. The van der Waals surface area contributed by atoms with Gasteiger partial charge in [-0.2, -0.15) is 4.31 Å². The van der Waals surface area contributed by atoms with E-state index in [2.05, 4.69) is 5.32 Å². The number of carbonyl (C=O) groups is 1. The van der Waals surface area contributed by atoms with Gasteiger partial charge in [-0.25, -0.2) is 8.42 Å². The van der Waals surface area contributed by atoms with E-state index in [1.54, 1.807) is 63.8 Å². The number of carbonyl (C=O) groups excluding carboxylic acids is 1. The number of nitrogens with one attached hydrogen (secondary N) is 1. The molecule has 0 unspecified atom stereocenters. The van der Waals surface area contributed by atoms with Gasteiger partial charge in [-0.05, 0) is 23.8 Å². The average molecular weight is 449 g/mol. The Labute approximate surface area is 183 Å². The second-order valence-electron chi connectivity index (χ2n) is 7.24. The van der Waals surface area contributed by atoms with Crippen molar-refractivity contribution in [3.05, 3.63) is 54.1 Å². The number of hydrogen-bond acceptors (Lipinski definition) is 6. The highest BCUT2D eigenvalue weighted by Gasteiger charge is 2.44. The highest BCUT2D eigenvalue weighted by Crippen LogP contribution is 2.41. The van der Waals surface area contributed by atoms with E-state index < -0.39 is 15.9 Å². The average Bonchev–Trinajstić information content (AvgIpc) is 3.25. The largest absolute Gasteiger partial charge is 0.497 e. The number of nitrogens with zero attached hydrogens (tertiary/aromatic N) is 1. The van der Waals surface area contributed by atoms with E-state index in [0.717, 1.165) is 5.56 Å². The van der Waals surface area contributed by atoms with Crippen LogP contribution in [-0.4, -0.2) is 66.2 Å². The minimum atomic E-state index is -3.74. The minimum absolute atomic E-state index is 0.0793. The summed E-state index contributed by atoms with van der Waals surface area (Å²) in [6.07, 6.45) is 0. The Morgan fingerprint density at radius 3 is 2.45 bits per heavy atom. The van der Waals surface area contributed by atoms with Crippen molar-refractivity contribution in [2.45, 2.75) is 10.8 Å². The molecule has 1 aliphatic heterocycles. The fourth-order valence-corrected chi connectivity index (χ4v) is 5.33. The van der Waals surface area contributed by atoms with Gasteiger partial charge in [0.05, 0.1) is 31.6 Å². The number of rotatable bonds is 9. The Kier molecular flexibility index (Phi) is 7.53. The van der Waals surface area contributed by atoms with Crippen LogP contribution in [0.1, 0.15) is 11.5 Å². The van der Waals surface area contributed by atoms with Crippen LogP contribution in [0.5, 0.6) is 11.5 Å². The van der Waals surface area contributed by atoms with Crippen molar-refractivity contribution >= 4 is 15.9 Å². The second kappa shape index (κ2) is 10.1. The number of methoxy groups -OCH3 is 3. The van der Waals surface area contributed by atoms with E-state index in [1.807, 2.05) is 6.07 Å².